The van der Waals surface area contributed by atoms with E-state index in [2.05, 4.69) is 65.4 Å². The zero-order valence-corrected chi connectivity index (χ0v) is 17.2. The second-order valence-electron chi connectivity index (χ2n) is 8.29. The van der Waals surface area contributed by atoms with Gasteiger partial charge in [0.2, 0.25) is 5.91 Å². The zero-order valence-electron chi connectivity index (χ0n) is 17.2. The topological polar surface area (TPSA) is 72.1 Å². The van der Waals surface area contributed by atoms with Crippen LogP contribution in [-0.4, -0.2) is 23.7 Å². The summed E-state index contributed by atoms with van der Waals surface area (Å²) in [7, 11) is 0. The molecule has 1 aromatic heterocycles. The normalized spacial score (nSPS) is 14.8. The van der Waals surface area contributed by atoms with Crippen LogP contribution in [0.4, 0.5) is 0 Å². The highest BCUT2D eigenvalue weighted by Gasteiger charge is 2.22. The van der Waals surface area contributed by atoms with Gasteiger partial charge in [0.1, 0.15) is 0 Å². The highest BCUT2D eigenvalue weighted by atomic mass is 16.1. The van der Waals surface area contributed by atoms with Crippen molar-refractivity contribution >= 4 is 16.8 Å². The summed E-state index contributed by atoms with van der Waals surface area (Å²) in [5, 5.41) is 7.50. The summed E-state index contributed by atoms with van der Waals surface area (Å²) < 4.78 is 2.40. The Morgan fingerprint density at radius 2 is 2.00 bits per heavy atom. The van der Waals surface area contributed by atoms with Gasteiger partial charge in [-0.05, 0) is 47.2 Å². The van der Waals surface area contributed by atoms with Gasteiger partial charge in [0.05, 0.1) is 12.6 Å². The van der Waals surface area contributed by atoms with Crippen LogP contribution in [0.15, 0.2) is 48.5 Å². The van der Waals surface area contributed by atoms with Crippen LogP contribution in [0.1, 0.15) is 37.4 Å². The van der Waals surface area contributed by atoms with Gasteiger partial charge in [-0.2, -0.15) is 0 Å². The van der Waals surface area contributed by atoms with E-state index in [0.29, 0.717) is 5.92 Å². The Morgan fingerprint density at radius 3 is 2.79 bits per heavy atom. The standard InChI is InChI=1S/C24H30N4O/c1-16(2)10-22(24(29)27-15-25)19-5-3-4-17(11-19)18-6-7-23-20(12-18)13-21-14-26-8-9-28(21)23/h3-7,11-13,16,22,26H,8-10,14-15,25H2,1-2H3,(H,27,29)/t22-/m1/s1. The number of amides is 1. The maximum absolute atomic E-state index is 12.6. The second kappa shape index (κ2) is 8.39. The number of nitrogens with two attached hydrogens (primary N) is 1. The van der Waals surface area contributed by atoms with Crippen molar-refractivity contribution in [3.63, 3.8) is 0 Å². The van der Waals surface area contributed by atoms with Crippen molar-refractivity contribution in [2.45, 2.75) is 39.3 Å². The summed E-state index contributed by atoms with van der Waals surface area (Å²) in [6.07, 6.45) is 0.799. The molecule has 3 aromatic rings. The quantitative estimate of drug-likeness (QED) is 0.564. The number of rotatable bonds is 6. The molecule has 2 heterocycles. The molecule has 1 atom stereocenters. The minimum Gasteiger partial charge on any atom is -0.343 e. The fraction of sp³-hybridized carbons (Fsp3) is 0.375. The number of fused-ring (bicyclic) bond motifs is 3. The van der Waals surface area contributed by atoms with E-state index in [1.165, 1.54) is 22.2 Å². The molecule has 4 N–H and O–H groups in total. The fourth-order valence-electron chi connectivity index (χ4n) is 4.35. The van der Waals surface area contributed by atoms with Crippen LogP contribution >= 0.6 is 0 Å². The molecular weight excluding hydrogens is 360 g/mol. The molecule has 0 saturated heterocycles. The van der Waals surface area contributed by atoms with Gasteiger partial charge >= 0.3 is 0 Å². The van der Waals surface area contributed by atoms with E-state index in [9.17, 15) is 4.79 Å². The predicted molar refractivity (Wildman–Crippen MR) is 118 cm³/mol. The number of hydrogen-bond donors (Lipinski definition) is 3. The molecule has 5 nitrogen and oxygen atoms in total. The summed E-state index contributed by atoms with van der Waals surface area (Å²) in [5.41, 5.74) is 11.5. The van der Waals surface area contributed by atoms with E-state index >= 15 is 0 Å². The first kappa shape index (κ1) is 19.7. The van der Waals surface area contributed by atoms with E-state index in [1.807, 2.05) is 12.1 Å². The molecule has 0 saturated carbocycles. The number of nitrogens with one attached hydrogen (secondary N) is 2. The van der Waals surface area contributed by atoms with Gasteiger partial charge < -0.3 is 20.9 Å². The van der Waals surface area contributed by atoms with Crippen LogP contribution in [0.5, 0.6) is 0 Å². The van der Waals surface area contributed by atoms with Gasteiger partial charge in [-0.3, -0.25) is 4.79 Å². The van der Waals surface area contributed by atoms with E-state index < -0.39 is 0 Å². The zero-order chi connectivity index (χ0) is 20.4. The molecule has 0 unspecified atom stereocenters. The Hall–Kier alpha value is -2.63. The SMILES string of the molecule is CC(C)C[C@@H](C(=O)NCN)c1cccc(-c2ccc3c(c2)cc2n3CCNC2)c1. The van der Waals surface area contributed by atoms with Crippen LogP contribution in [0.3, 0.4) is 0 Å². The van der Waals surface area contributed by atoms with Gasteiger partial charge in [-0.25, -0.2) is 0 Å². The summed E-state index contributed by atoms with van der Waals surface area (Å²) in [6, 6.07) is 17.3. The third-order valence-corrected chi connectivity index (χ3v) is 5.73. The molecule has 5 heteroatoms. The maximum atomic E-state index is 12.6. The molecule has 0 aliphatic carbocycles. The van der Waals surface area contributed by atoms with Crippen molar-refractivity contribution in [3.8, 4) is 11.1 Å². The fourth-order valence-corrected chi connectivity index (χ4v) is 4.35. The Bertz CT molecular complexity index is 1020. The molecule has 1 aliphatic rings. The lowest BCUT2D eigenvalue weighted by Crippen LogP contribution is -2.34. The van der Waals surface area contributed by atoms with Crippen molar-refractivity contribution in [1.29, 1.82) is 0 Å². The maximum Gasteiger partial charge on any atom is 0.228 e. The lowest BCUT2D eigenvalue weighted by Gasteiger charge is -2.19. The minimum atomic E-state index is -0.185. The monoisotopic (exact) mass is 390 g/mol. The average molecular weight is 391 g/mol. The highest BCUT2D eigenvalue weighted by molar-refractivity contribution is 5.87. The van der Waals surface area contributed by atoms with E-state index in [4.69, 9.17) is 5.73 Å². The van der Waals surface area contributed by atoms with Gasteiger partial charge in [-0.1, -0.05) is 44.2 Å². The highest BCUT2D eigenvalue weighted by Crippen LogP contribution is 2.31. The second-order valence-corrected chi connectivity index (χ2v) is 8.29. The Balaban J connectivity index is 1.69. The Morgan fingerprint density at radius 1 is 1.17 bits per heavy atom. The Kier molecular flexibility index (Phi) is 5.69. The summed E-state index contributed by atoms with van der Waals surface area (Å²) >= 11 is 0. The molecule has 1 aliphatic heterocycles. The van der Waals surface area contributed by atoms with Gasteiger partial charge in [0, 0.05) is 36.2 Å². The van der Waals surface area contributed by atoms with Crippen LogP contribution < -0.4 is 16.4 Å². The number of hydrogen-bond acceptors (Lipinski definition) is 3. The Labute approximate surface area is 172 Å². The van der Waals surface area contributed by atoms with Crippen LogP contribution in [0.25, 0.3) is 22.0 Å². The number of carbonyl (C=O) groups excluding carboxylic acids is 1. The lowest BCUT2D eigenvalue weighted by molar-refractivity contribution is -0.122. The molecule has 0 bridgehead atoms. The molecule has 1 amide bonds. The summed E-state index contributed by atoms with van der Waals surface area (Å²) in [4.78, 5) is 12.6. The number of carbonyl (C=O) groups is 1. The van der Waals surface area contributed by atoms with Gasteiger partial charge in [-0.15, -0.1) is 0 Å². The molecule has 4 rings (SSSR count). The van der Waals surface area contributed by atoms with Crippen molar-refractivity contribution in [1.82, 2.24) is 15.2 Å². The van der Waals surface area contributed by atoms with Crippen LogP contribution in [0.2, 0.25) is 0 Å². The van der Waals surface area contributed by atoms with Gasteiger partial charge in [0.15, 0.2) is 0 Å². The smallest absolute Gasteiger partial charge is 0.228 e. The summed E-state index contributed by atoms with van der Waals surface area (Å²) in [5.74, 6) is 0.237. The molecule has 0 spiro atoms. The molecule has 0 radical (unpaired) electrons. The van der Waals surface area contributed by atoms with Crippen molar-refractivity contribution in [3.05, 3.63) is 59.8 Å². The predicted octanol–water partition coefficient (Wildman–Crippen LogP) is 3.57. The number of aromatic nitrogens is 1. The molecular formula is C24H30N4O. The van der Waals surface area contributed by atoms with E-state index in [-0.39, 0.29) is 18.5 Å². The lowest BCUT2D eigenvalue weighted by atomic mass is 9.88. The molecule has 2 aromatic carbocycles. The molecule has 152 valence electrons. The van der Waals surface area contributed by atoms with Crippen molar-refractivity contribution in [2.24, 2.45) is 11.7 Å². The first-order valence-corrected chi connectivity index (χ1v) is 10.5. The third kappa shape index (κ3) is 4.07. The number of nitrogens with zero attached hydrogens (tertiary/aromatic N) is 1. The van der Waals surface area contributed by atoms with Gasteiger partial charge in [0.25, 0.3) is 0 Å². The van der Waals surface area contributed by atoms with Crippen LogP contribution in [-0.2, 0) is 17.9 Å². The first-order chi connectivity index (χ1) is 14.1. The van der Waals surface area contributed by atoms with Crippen LogP contribution in [0, 0.1) is 5.92 Å². The average Bonchev–Trinajstić information content (AvgIpc) is 3.10. The van der Waals surface area contributed by atoms with E-state index in [1.54, 1.807) is 0 Å². The summed E-state index contributed by atoms with van der Waals surface area (Å²) in [6.45, 7) is 7.41. The minimum absolute atomic E-state index is 0.00131. The molecule has 0 fully saturated rings. The van der Waals surface area contributed by atoms with Crippen molar-refractivity contribution in [2.75, 3.05) is 13.2 Å². The largest absolute Gasteiger partial charge is 0.343 e. The van der Waals surface area contributed by atoms with E-state index in [0.717, 1.165) is 37.2 Å². The first-order valence-electron chi connectivity index (χ1n) is 10.5. The molecule has 29 heavy (non-hydrogen) atoms. The third-order valence-electron chi connectivity index (χ3n) is 5.73. The van der Waals surface area contributed by atoms with Crippen molar-refractivity contribution < 1.29 is 4.79 Å². The number of benzene rings is 2.